The highest BCUT2D eigenvalue weighted by Crippen LogP contribution is 2.18. The van der Waals surface area contributed by atoms with Crippen LogP contribution in [-0.4, -0.2) is 15.3 Å². The predicted octanol–water partition coefficient (Wildman–Crippen LogP) is 3.30. The van der Waals surface area contributed by atoms with Crippen molar-refractivity contribution in [2.75, 3.05) is 0 Å². The van der Waals surface area contributed by atoms with E-state index in [1.54, 1.807) is 12.5 Å². The number of carbonyl (C=O) groups excluding carboxylic acids is 1. The van der Waals surface area contributed by atoms with Gasteiger partial charge >= 0.3 is 0 Å². The Morgan fingerprint density at radius 1 is 1.44 bits per heavy atom. The zero-order valence-corrected chi connectivity index (χ0v) is 10.6. The molecule has 0 aliphatic carbocycles. The largest absolute Gasteiger partial charge is 0.328 e. The lowest BCUT2D eigenvalue weighted by Crippen LogP contribution is -2.17. The van der Waals surface area contributed by atoms with Crippen LogP contribution in [0.5, 0.6) is 0 Å². The number of Topliss-reactive ketones (excluding diaryl/α,β-unsaturated/α-hetero) is 1. The van der Waals surface area contributed by atoms with Crippen molar-refractivity contribution >= 4 is 5.78 Å². The van der Waals surface area contributed by atoms with Crippen LogP contribution < -0.4 is 0 Å². The van der Waals surface area contributed by atoms with Gasteiger partial charge in [0.15, 0.2) is 5.78 Å². The molecular weight excluding hydrogens is 200 g/mol. The van der Waals surface area contributed by atoms with Gasteiger partial charge < -0.3 is 4.57 Å². The summed E-state index contributed by atoms with van der Waals surface area (Å²) in [5.74, 6) is 0.428. The minimum atomic E-state index is 0.168. The van der Waals surface area contributed by atoms with Gasteiger partial charge in [-0.25, -0.2) is 4.98 Å². The van der Waals surface area contributed by atoms with Crippen LogP contribution in [0.3, 0.4) is 0 Å². The SMILES string of the molecule is CCCCC(CC)C(=O)c1cncn1CC. The number of nitrogens with zero attached hydrogens (tertiary/aromatic N) is 2. The highest BCUT2D eigenvalue weighted by atomic mass is 16.1. The second kappa shape index (κ2) is 6.46. The highest BCUT2D eigenvalue weighted by Gasteiger charge is 2.20. The fourth-order valence-corrected chi connectivity index (χ4v) is 1.96. The molecule has 1 rings (SSSR count). The van der Waals surface area contributed by atoms with Gasteiger partial charge in [-0.1, -0.05) is 26.7 Å². The third-order valence-corrected chi connectivity index (χ3v) is 3.08. The summed E-state index contributed by atoms with van der Waals surface area (Å²) in [4.78, 5) is 16.3. The molecule has 1 unspecified atom stereocenters. The van der Waals surface area contributed by atoms with Gasteiger partial charge in [0.2, 0.25) is 0 Å². The summed E-state index contributed by atoms with van der Waals surface area (Å²) in [6.07, 6.45) is 7.63. The molecular formula is C13H22N2O. The van der Waals surface area contributed by atoms with Crippen molar-refractivity contribution in [3.05, 3.63) is 18.2 Å². The van der Waals surface area contributed by atoms with Gasteiger partial charge in [0, 0.05) is 12.5 Å². The lowest BCUT2D eigenvalue weighted by atomic mass is 9.93. The first-order valence-electron chi connectivity index (χ1n) is 6.28. The molecule has 16 heavy (non-hydrogen) atoms. The van der Waals surface area contributed by atoms with Gasteiger partial charge in [-0.3, -0.25) is 4.79 Å². The molecule has 1 aromatic heterocycles. The van der Waals surface area contributed by atoms with Crippen molar-refractivity contribution in [2.45, 2.75) is 53.0 Å². The summed E-state index contributed by atoms with van der Waals surface area (Å²) >= 11 is 0. The number of hydrogen-bond acceptors (Lipinski definition) is 2. The molecule has 0 saturated carbocycles. The first kappa shape index (κ1) is 12.9. The van der Waals surface area contributed by atoms with Gasteiger partial charge in [-0.15, -0.1) is 0 Å². The maximum absolute atomic E-state index is 12.3. The summed E-state index contributed by atoms with van der Waals surface area (Å²) in [6.45, 7) is 7.09. The van der Waals surface area contributed by atoms with Crippen molar-refractivity contribution < 1.29 is 4.79 Å². The Kier molecular flexibility index (Phi) is 5.23. The molecule has 0 spiro atoms. The lowest BCUT2D eigenvalue weighted by molar-refractivity contribution is 0.0898. The van der Waals surface area contributed by atoms with Crippen LogP contribution in [0.15, 0.2) is 12.5 Å². The van der Waals surface area contributed by atoms with E-state index in [-0.39, 0.29) is 11.7 Å². The summed E-state index contributed by atoms with van der Waals surface area (Å²) in [7, 11) is 0. The standard InChI is InChI=1S/C13H22N2O/c1-4-7-8-11(5-2)13(16)12-9-14-10-15(12)6-3/h9-11H,4-8H2,1-3H3. The topological polar surface area (TPSA) is 34.9 Å². The molecule has 3 heteroatoms. The smallest absolute Gasteiger partial charge is 0.183 e. The Balaban J connectivity index is 2.74. The van der Waals surface area contributed by atoms with Gasteiger partial charge in [0.1, 0.15) is 5.69 Å². The molecule has 90 valence electrons. The van der Waals surface area contributed by atoms with E-state index in [9.17, 15) is 4.79 Å². The van der Waals surface area contributed by atoms with Gasteiger partial charge in [-0.2, -0.15) is 0 Å². The third kappa shape index (κ3) is 2.94. The number of aromatic nitrogens is 2. The van der Waals surface area contributed by atoms with E-state index in [2.05, 4.69) is 18.8 Å². The molecule has 0 N–H and O–H groups in total. The van der Waals surface area contributed by atoms with Gasteiger partial charge in [0.25, 0.3) is 0 Å². The van der Waals surface area contributed by atoms with E-state index in [0.717, 1.165) is 37.9 Å². The molecule has 3 nitrogen and oxygen atoms in total. The lowest BCUT2D eigenvalue weighted by Gasteiger charge is -2.13. The molecule has 0 fully saturated rings. The number of aryl methyl sites for hydroxylation is 1. The molecule has 0 aliphatic rings. The second-order valence-electron chi connectivity index (χ2n) is 4.18. The van der Waals surface area contributed by atoms with E-state index in [1.165, 1.54) is 0 Å². The maximum Gasteiger partial charge on any atom is 0.183 e. The zero-order valence-electron chi connectivity index (χ0n) is 10.6. The first-order valence-corrected chi connectivity index (χ1v) is 6.28. The molecule has 0 aromatic carbocycles. The van der Waals surface area contributed by atoms with Crippen LogP contribution in [0.1, 0.15) is 56.9 Å². The molecule has 1 atom stereocenters. The third-order valence-electron chi connectivity index (χ3n) is 3.08. The number of carbonyl (C=O) groups is 1. The predicted molar refractivity (Wildman–Crippen MR) is 65.5 cm³/mol. The van der Waals surface area contributed by atoms with E-state index in [4.69, 9.17) is 0 Å². The minimum absolute atomic E-state index is 0.168. The molecule has 1 aromatic rings. The van der Waals surface area contributed by atoms with Crippen LogP contribution >= 0.6 is 0 Å². The molecule has 0 aliphatic heterocycles. The maximum atomic E-state index is 12.3. The van der Waals surface area contributed by atoms with Crippen LogP contribution in [0, 0.1) is 5.92 Å². The van der Waals surface area contributed by atoms with E-state index in [0.29, 0.717) is 0 Å². The van der Waals surface area contributed by atoms with E-state index in [1.807, 2.05) is 11.5 Å². The number of ketones is 1. The van der Waals surface area contributed by atoms with Gasteiger partial charge in [-0.05, 0) is 19.8 Å². The molecule has 0 saturated heterocycles. The van der Waals surface area contributed by atoms with Crippen LogP contribution in [0.4, 0.5) is 0 Å². The average molecular weight is 222 g/mol. The summed E-state index contributed by atoms with van der Waals surface area (Å²) in [5.41, 5.74) is 0.769. The molecule has 0 bridgehead atoms. The fourth-order valence-electron chi connectivity index (χ4n) is 1.96. The Labute approximate surface area is 97.9 Å². The van der Waals surface area contributed by atoms with Crippen LogP contribution in [-0.2, 0) is 6.54 Å². The Bertz CT molecular complexity index is 330. The van der Waals surface area contributed by atoms with Crippen LogP contribution in [0.2, 0.25) is 0 Å². The minimum Gasteiger partial charge on any atom is -0.328 e. The Morgan fingerprint density at radius 3 is 2.75 bits per heavy atom. The molecule has 1 heterocycles. The zero-order chi connectivity index (χ0) is 12.0. The molecule has 0 radical (unpaired) electrons. The summed E-state index contributed by atoms with van der Waals surface area (Å²) < 4.78 is 1.93. The molecule has 0 amide bonds. The number of imidazole rings is 1. The van der Waals surface area contributed by atoms with Crippen molar-refractivity contribution in [1.82, 2.24) is 9.55 Å². The first-order chi connectivity index (χ1) is 7.74. The number of rotatable bonds is 7. The van der Waals surface area contributed by atoms with Crippen molar-refractivity contribution in [1.29, 1.82) is 0 Å². The monoisotopic (exact) mass is 222 g/mol. The summed E-state index contributed by atoms with van der Waals surface area (Å²) in [6, 6.07) is 0. The van der Waals surface area contributed by atoms with Crippen molar-refractivity contribution in [2.24, 2.45) is 5.92 Å². The van der Waals surface area contributed by atoms with Crippen molar-refractivity contribution in [3.63, 3.8) is 0 Å². The van der Waals surface area contributed by atoms with Crippen molar-refractivity contribution in [3.8, 4) is 0 Å². The van der Waals surface area contributed by atoms with E-state index >= 15 is 0 Å². The quantitative estimate of drug-likeness (QED) is 0.663. The Morgan fingerprint density at radius 2 is 2.19 bits per heavy atom. The highest BCUT2D eigenvalue weighted by molar-refractivity contribution is 5.96. The number of hydrogen-bond donors (Lipinski definition) is 0. The summed E-state index contributed by atoms with van der Waals surface area (Å²) in [5, 5.41) is 0. The fraction of sp³-hybridized carbons (Fsp3) is 0.692. The Hall–Kier alpha value is -1.12. The second-order valence-corrected chi connectivity index (χ2v) is 4.18. The normalized spacial score (nSPS) is 12.7. The number of unbranched alkanes of at least 4 members (excludes halogenated alkanes) is 1. The van der Waals surface area contributed by atoms with Crippen LogP contribution in [0.25, 0.3) is 0 Å². The van der Waals surface area contributed by atoms with Gasteiger partial charge in [0.05, 0.1) is 12.5 Å². The average Bonchev–Trinajstić information content (AvgIpc) is 2.77. The van der Waals surface area contributed by atoms with E-state index < -0.39 is 0 Å².